The van der Waals surface area contributed by atoms with Gasteiger partial charge in [0, 0.05) is 12.6 Å². The van der Waals surface area contributed by atoms with E-state index in [-0.39, 0.29) is 0 Å². The van der Waals surface area contributed by atoms with Gasteiger partial charge in [-0.05, 0) is 39.4 Å². The molecule has 0 aromatic rings. The van der Waals surface area contributed by atoms with Gasteiger partial charge in [-0.3, -0.25) is 4.90 Å². The van der Waals surface area contributed by atoms with Gasteiger partial charge in [-0.25, -0.2) is 0 Å². The highest BCUT2D eigenvalue weighted by Gasteiger charge is 2.22. The number of β-amino-alcohol motifs (C(OH)–C–C–N with tert-alkyl or cyclic N) is 1. The van der Waals surface area contributed by atoms with Crippen LogP contribution in [-0.4, -0.2) is 49.3 Å². The van der Waals surface area contributed by atoms with Crippen LogP contribution in [0.4, 0.5) is 0 Å². The highest BCUT2D eigenvalue weighted by Crippen LogP contribution is 2.18. The largest absolute Gasteiger partial charge is 0.395 e. The minimum atomic E-state index is 0.302. The minimum absolute atomic E-state index is 0.302. The lowest BCUT2D eigenvalue weighted by molar-refractivity contribution is 0.179. The Labute approximate surface area is 74.8 Å². The summed E-state index contributed by atoms with van der Waals surface area (Å²) in [5, 5.41) is 12.0. The molecule has 1 heterocycles. The third-order valence-electron chi connectivity index (χ3n) is 2.61. The molecule has 3 nitrogen and oxygen atoms in total. The Morgan fingerprint density at radius 3 is 3.08 bits per heavy atom. The first-order chi connectivity index (χ1) is 5.88. The third kappa shape index (κ3) is 2.73. The maximum Gasteiger partial charge on any atom is 0.0558 e. The summed E-state index contributed by atoms with van der Waals surface area (Å²) in [6.07, 6.45) is 3.83. The maximum atomic E-state index is 8.81. The van der Waals surface area contributed by atoms with Crippen molar-refractivity contribution >= 4 is 0 Å². The molecule has 1 atom stereocenters. The predicted molar refractivity (Wildman–Crippen MR) is 50.2 cm³/mol. The van der Waals surface area contributed by atoms with E-state index in [1.807, 2.05) is 7.05 Å². The van der Waals surface area contributed by atoms with E-state index in [0.29, 0.717) is 12.6 Å². The molecule has 1 aliphatic heterocycles. The molecule has 0 radical (unpaired) electrons. The summed E-state index contributed by atoms with van der Waals surface area (Å²) < 4.78 is 0. The second-order valence-corrected chi connectivity index (χ2v) is 3.45. The normalized spacial score (nSPS) is 25.0. The first-order valence-electron chi connectivity index (χ1n) is 4.88. The molecular formula is C9H20N2O. The van der Waals surface area contributed by atoms with Crippen molar-refractivity contribution in [2.24, 2.45) is 0 Å². The number of hydrogen-bond donors (Lipinski definition) is 2. The zero-order chi connectivity index (χ0) is 8.81. The van der Waals surface area contributed by atoms with Gasteiger partial charge in [0.1, 0.15) is 0 Å². The molecule has 2 N–H and O–H groups in total. The molecule has 1 fully saturated rings. The Morgan fingerprint density at radius 1 is 1.58 bits per heavy atom. The van der Waals surface area contributed by atoms with E-state index in [1.54, 1.807) is 0 Å². The molecule has 0 aromatic carbocycles. The van der Waals surface area contributed by atoms with Crippen LogP contribution in [0.3, 0.4) is 0 Å². The first-order valence-corrected chi connectivity index (χ1v) is 4.88. The van der Waals surface area contributed by atoms with E-state index >= 15 is 0 Å². The lowest BCUT2D eigenvalue weighted by atomic mass is 10.1. The molecule has 72 valence electrons. The topological polar surface area (TPSA) is 35.5 Å². The van der Waals surface area contributed by atoms with Crippen LogP contribution in [-0.2, 0) is 0 Å². The smallest absolute Gasteiger partial charge is 0.0558 e. The Kier molecular flexibility index (Phi) is 4.58. The molecule has 0 bridgehead atoms. The van der Waals surface area contributed by atoms with Crippen LogP contribution in [0.25, 0.3) is 0 Å². The van der Waals surface area contributed by atoms with Gasteiger partial charge in [0.05, 0.1) is 6.61 Å². The quantitative estimate of drug-likeness (QED) is 0.615. The number of aliphatic hydroxyl groups excluding tert-OH is 1. The highest BCUT2D eigenvalue weighted by molar-refractivity contribution is 4.79. The van der Waals surface area contributed by atoms with Crippen molar-refractivity contribution in [3.05, 3.63) is 0 Å². The van der Waals surface area contributed by atoms with Crippen molar-refractivity contribution in [1.29, 1.82) is 0 Å². The summed E-state index contributed by atoms with van der Waals surface area (Å²) in [5.74, 6) is 0. The van der Waals surface area contributed by atoms with Crippen molar-refractivity contribution in [3.8, 4) is 0 Å². The van der Waals surface area contributed by atoms with Crippen LogP contribution in [0.5, 0.6) is 0 Å². The number of aliphatic hydroxyl groups is 1. The second kappa shape index (κ2) is 5.51. The van der Waals surface area contributed by atoms with Gasteiger partial charge in [-0.15, -0.1) is 0 Å². The van der Waals surface area contributed by atoms with Crippen molar-refractivity contribution in [2.45, 2.75) is 25.3 Å². The van der Waals surface area contributed by atoms with Gasteiger partial charge in [-0.1, -0.05) is 0 Å². The predicted octanol–water partition coefficient (Wildman–Crippen LogP) is 0.0526. The summed E-state index contributed by atoms with van der Waals surface area (Å²) in [5.41, 5.74) is 0. The molecule has 0 aromatic heterocycles. The van der Waals surface area contributed by atoms with Crippen LogP contribution in [0.1, 0.15) is 19.3 Å². The molecule has 0 aliphatic carbocycles. The van der Waals surface area contributed by atoms with Gasteiger partial charge >= 0.3 is 0 Å². The summed E-state index contributed by atoms with van der Waals surface area (Å²) in [6.45, 7) is 3.42. The van der Waals surface area contributed by atoms with Gasteiger partial charge in [0.15, 0.2) is 0 Å². The number of nitrogens with one attached hydrogen (secondary N) is 1. The fourth-order valence-electron chi connectivity index (χ4n) is 1.96. The summed E-state index contributed by atoms with van der Waals surface area (Å²) >= 11 is 0. The van der Waals surface area contributed by atoms with Crippen molar-refractivity contribution < 1.29 is 5.11 Å². The standard InChI is InChI=1S/C9H20N2O/c1-10-5-4-9-3-2-6-11(9)7-8-12/h9-10,12H,2-8H2,1H3. The van der Waals surface area contributed by atoms with Crippen LogP contribution in [0.2, 0.25) is 0 Å². The molecule has 1 aliphatic rings. The highest BCUT2D eigenvalue weighted by atomic mass is 16.3. The Hall–Kier alpha value is -0.120. The Morgan fingerprint density at radius 2 is 2.42 bits per heavy atom. The zero-order valence-electron chi connectivity index (χ0n) is 7.92. The number of hydrogen-bond acceptors (Lipinski definition) is 3. The van der Waals surface area contributed by atoms with Gasteiger partial charge in [0.25, 0.3) is 0 Å². The number of likely N-dealkylation sites (tertiary alicyclic amines) is 1. The summed E-state index contributed by atoms with van der Waals surface area (Å²) in [4.78, 5) is 2.40. The Bertz CT molecular complexity index is 119. The van der Waals surface area contributed by atoms with Gasteiger partial charge < -0.3 is 10.4 Å². The third-order valence-corrected chi connectivity index (χ3v) is 2.61. The molecule has 0 saturated carbocycles. The van der Waals surface area contributed by atoms with E-state index in [0.717, 1.165) is 13.1 Å². The number of rotatable bonds is 5. The fourth-order valence-corrected chi connectivity index (χ4v) is 1.96. The van der Waals surface area contributed by atoms with Gasteiger partial charge in [0.2, 0.25) is 0 Å². The lowest BCUT2D eigenvalue weighted by Gasteiger charge is -2.23. The molecule has 1 saturated heterocycles. The lowest BCUT2D eigenvalue weighted by Crippen LogP contribution is -2.33. The van der Waals surface area contributed by atoms with E-state index < -0.39 is 0 Å². The molecule has 1 rings (SSSR count). The van der Waals surface area contributed by atoms with Crippen molar-refractivity contribution in [2.75, 3.05) is 33.3 Å². The molecule has 0 spiro atoms. The van der Waals surface area contributed by atoms with E-state index in [9.17, 15) is 0 Å². The van der Waals surface area contributed by atoms with E-state index in [4.69, 9.17) is 5.11 Å². The molecule has 1 unspecified atom stereocenters. The first kappa shape index (κ1) is 9.96. The van der Waals surface area contributed by atoms with E-state index in [1.165, 1.54) is 25.8 Å². The molecular weight excluding hydrogens is 152 g/mol. The average molecular weight is 172 g/mol. The monoisotopic (exact) mass is 172 g/mol. The molecule has 3 heteroatoms. The van der Waals surface area contributed by atoms with Gasteiger partial charge in [-0.2, -0.15) is 0 Å². The maximum absolute atomic E-state index is 8.81. The molecule has 12 heavy (non-hydrogen) atoms. The van der Waals surface area contributed by atoms with Crippen LogP contribution in [0, 0.1) is 0 Å². The number of nitrogens with zero attached hydrogens (tertiary/aromatic N) is 1. The summed E-state index contributed by atoms with van der Waals surface area (Å²) in [6, 6.07) is 0.713. The van der Waals surface area contributed by atoms with Crippen molar-refractivity contribution in [3.63, 3.8) is 0 Å². The average Bonchev–Trinajstić information content (AvgIpc) is 2.50. The van der Waals surface area contributed by atoms with Crippen LogP contribution < -0.4 is 5.32 Å². The van der Waals surface area contributed by atoms with E-state index in [2.05, 4.69) is 10.2 Å². The Balaban J connectivity index is 2.20. The van der Waals surface area contributed by atoms with Crippen LogP contribution in [0.15, 0.2) is 0 Å². The summed E-state index contributed by atoms with van der Waals surface area (Å²) in [7, 11) is 1.99. The molecule has 0 amide bonds. The SMILES string of the molecule is CNCCC1CCCN1CCO. The van der Waals surface area contributed by atoms with Crippen molar-refractivity contribution in [1.82, 2.24) is 10.2 Å². The second-order valence-electron chi connectivity index (χ2n) is 3.45. The zero-order valence-corrected chi connectivity index (χ0v) is 7.92. The minimum Gasteiger partial charge on any atom is -0.395 e. The van der Waals surface area contributed by atoms with Crippen LogP contribution >= 0.6 is 0 Å². The fraction of sp³-hybridized carbons (Fsp3) is 1.00.